The second-order valence-corrected chi connectivity index (χ2v) is 10.1. The topological polar surface area (TPSA) is 84.9 Å². The van der Waals surface area contributed by atoms with Crippen LogP contribution in [0.25, 0.3) is 6.08 Å². The fraction of sp³-hybridized carbons (Fsp3) is 0.179. The number of anilines is 1. The van der Waals surface area contributed by atoms with Gasteiger partial charge in [0.05, 0.1) is 11.5 Å². The highest BCUT2D eigenvalue weighted by atomic mass is 79.9. The number of halogens is 1. The first kappa shape index (κ1) is 26.5. The Morgan fingerprint density at radius 2 is 1.73 bits per heavy atom. The van der Waals surface area contributed by atoms with Crippen LogP contribution in [0.3, 0.4) is 0 Å². The SMILES string of the molecule is CCOc1cc(/C=C2\SC(=O)N(CC(=O)Nc3ccc(C)cc3)C2=O)ccc1OCc1ccc(Br)cc1. The number of nitrogens with zero attached hydrogens (tertiary/aromatic N) is 1. The fourth-order valence-corrected chi connectivity index (χ4v) is 4.62. The van der Waals surface area contributed by atoms with Gasteiger partial charge >= 0.3 is 0 Å². The molecular formula is C28H25BrN2O5S. The molecule has 1 saturated heterocycles. The number of benzene rings is 3. The van der Waals surface area contributed by atoms with Gasteiger partial charge in [-0.1, -0.05) is 51.8 Å². The Balaban J connectivity index is 1.44. The summed E-state index contributed by atoms with van der Waals surface area (Å²) in [4.78, 5) is 39.0. The fourth-order valence-electron chi connectivity index (χ4n) is 3.51. The van der Waals surface area contributed by atoms with Crippen LogP contribution >= 0.6 is 27.7 Å². The molecule has 4 rings (SSSR count). The van der Waals surface area contributed by atoms with E-state index in [9.17, 15) is 14.4 Å². The van der Waals surface area contributed by atoms with Gasteiger partial charge in [-0.2, -0.15) is 0 Å². The lowest BCUT2D eigenvalue weighted by Gasteiger charge is -2.13. The van der Waals surface area contributed by atoms with E-state index in [2.05, 4.69) is 21.2 Å². The monoisotopic (exact) mass is 580 g/mol. The molecule has 0 aromatic heterocycles. The highest BCUT2D eigenvalue weighted by molar-refractivity contribution is 9.10. The van der Waals surface area contributed by atoms with Crippen molar-refractivity contribution in [3.8, 4) is 11.5 Å². The molecule has 3 aromatic carbocycles. The summed E-state index contributed by atoms with van der Waals surface area (Å²) in [6.45, 7) is 4.27. The van der Waals surface area contributed by atoms with Crippen LogP contribution in [0.1, 0.15) is 23.6 Å². The van der Waals surface area contributed by atoms with Gasteiger partial charge in [-0.3, -0.25) is 19.3 Å². The highest BCUT2D eigenvalue weighted by Gasteiger charge is 2.36. The third-order valence-electron chi connectivity index (χ3n) is 5.38. The predicted molar refractivity (Wildman–Crippen MR) is 149 cm³/mol. The molecule has 0 saturated carbocycles. The third kappa shape index (κ3) is 7.02. The molecule has 0 unspecified atom stereocenters. The van der Waals surface area contributed by atoms with E-state index < -0.39 is 17.1 Å². The number of imide groups is 1. The zero-order valence-electron chi connectivity index (χ0n) is 20.3. The molecule has 3 aromatic rings. The van der Waals surface area contributed by atoms with Gasteiger partial charge in [0.25, 0.3) is 11.1 Å². The van der Waals surface area contributed by atoms with E-state index in [1.165, 1.54) is 0 Å². The van der Waals surface area contributed by atoms with Gasteiger partial charge in [0, 0.05) is 10.2 Å². The summed E-state index contributed by atoms with van der Waals surface area (Å²) in [5.74, 6) is 0.147. The van der Waals surface area contributed by atoms with Crippen molar-refractivity contribution in [3.05, 3.63) is 92.8 Å². The predicted octanol–water partition coefficient (Wildman–Crippen LogP) is 6.41. The van der Waals surface area contributed by atoms with Crippen molar-refractivity contribution in [1.29, 1.82) is 0 Å². The quantitative estimate of drug-likeness (QED) is 0.294. The summed E-state index contributed by atoms with van der Waals surface area (Å²) in [7, 11) is 0. The molecule has 1 heterocycles. The Kier molecular flexibility index (Phi) is 8.68. The molecule has 0 atom stereocenters. The van der Waals surface area contributed by atoms with Crippen molar-refractivity contribution in [1.82, 2.24) is 4.90 Å². The molecule has 0 spiro atoms. The third-order valence-corrected chi connectivity index (χ3v) is 6.82. The maximum Gasteiger partial charge on any atom is 0.294 e. The van der Waals surface area contributed by atoms with Crippen LogP contribution in [0.4, 0.5) is 10.5 Å². The summed E-state index contributed by atoms with van der Waals surface area (Å²) in [5, 5.41) is 2.22. The zero-order valence-corrected chi connectivity index (χ0v) is 22.7. The van der Waals surface area contributed by atoms with Crippen molar-refractivity contribution in [3.63, 3.8) is 0 Å². The molecule has 1 fully saturated rings. The molecule has 0 radical (unpaired) electrons. The van der Waals surface area contributed by atoms with E-state index in [1.54, 1.807) is 36.4 Å². The van der Waals surface area contributed by atoms with Gasteiger partial charge in [0.2, 0.25) is 5.91 Å². The molecule has 9 heteroatoms. The van der Waals surface area contributed by atoms with E-state index in [1.807, 2.05) is 50.2 Å². The molecule has 1 N–H and O–H groups in total. The van der Waals surface area contributed by atoms with Crippen molar-refractivity contribution >= 4 is 56.5 Å². The van der Waals surface area contributed by atoms with Crippen molar-refractivity contribution in [2.24, 2.45) is 0 Å². The minimum absolute atomic E-state index is 0.235. The van der Waals surface area contributed by atoms with Crippen LogP contribution < -0.4 is 14.8 Å². The molecule has 0 aliphatic carbocycles. The van der Waals surface area contributed by atoms with Gasteiger partial charge in [-0.05, 0) is 79.2 Å². The van der Waals surface area contributed by atoms with E-state index >= 15 is 0 Å². The Hall–Kier alpha value is -3.56. The van der Waals surface area contributed by atoms with Crippen LogP contribution in [-0.2, 0) is 16.2 Å². The number of carbonyl (C=O) groups is 3. The lowest BCUT2D eigenvalue weighted by atomic mass is 10.1. The number of thioether (sulfide) groups is 1. The largest absolute Gasteiger partial charge is 0.490 e. The molecule has 0 bridgehead atoms. The first-order chi connectivity index (χ1) is 17.8. The average Bonchev–Trinajstić information content (AvgIpc) is 3.13. The first-order valence-corrected chi connectivity index (χ1v) is 13.2. The summed E-state index contributed by atoms with van der Waals surface area (Å²) in [6, 6.07) is 20.4. The van der Waals surface area contributed by atoms with Gasteiger partial charge < -0.3 is 14.8 Å². The second kappa shape index (κ2) is 12.1. The number of rotatable bonds is 9. The Morgan fingerprint density at radius 3 is 2.43 bits per heavy atom. The molecule has 3 amide bonds. The van der Waals surface area contributed by atoms with Crippen LogP contribution in [0, 0.1) is 6.92 Å². The Bertz CT molecular complexity index is 1340. The lowest BCUT2D eigenvalue weighted by molar-refractivity contribution is -0.127. The number of aryl methyl sites for hydroxylation is 1. The summed E-state index contributed by atoms with van der Waals surface area (Å²) in [5.41, 5.74) is 3.35. The Morgan fingerprint density at radius 1 is 1.00 bits per heavy atom. The van der Waals surface area contributed by atoms with E-state index in [4.69, 9.17) is 9.47 Å². The van der Waals surface area contributed by atoms with Crippen LogP contribution in [0.15, 0.2) is 76.1 Å². The first-order valence-electron chi connectivity index (χ1n) is 11.6. The molecule has 1 aliphatic rings. The zero-order chi connectivity index (χ0) is 26.4. The summed E-state index contributed by atoms with van der Waals surface area (Å²) >= 11 is 4.22. The molecule has 37 heavy (non-hydrogen) atoms. The number of amides is 3. The van der Waals surface area contributed by atoms with Crippen molar-refractivity contribution < 1.29 is 23.9 Å². The lowest BCUT2D eigenvalue weighted by Crippen LogP contribution is -2.36. The number of hydrogen-bond acceptors (Lipinski definition) is 6. The minimum atomic E-state index is -0.511. The number of ether oxygens (including phenoxy) is 2. The van der Waals surface area contributed by atoms with Crippen LogP contribution in [0.5, 0.6) is 11.5 Å². The second-order valence-electron chi connectivity index (χ2n) is 8.24. The van der Waals surface area contributed by atoms with Crippen molar-refractivity contribution in [2.75, 3.05) is 18.5 Å². The van der Waals surface area contributed by atoms with Gasteiger partial charge in [0.15, 0.2) is 11.5 Å². The number of nitrogens with one attached hydrogen (secondary N) is 1. The maximum absolute atomic E-state index is 12.9. The summed E-state index contributed by atoms with van der Waals surface area (Å²) < 4.78 is 12.7. The van der Waals surface area contributed by atoms with Gasteiger partial charge in [-0.15, -0.1) is 0 Å². The van der Waals surface area contributed by atoms with Gasteiger partial charge in [0.1, 0.15) is 13.2 Å². The van der Waals surface area contributed by atoms with E-state index in [0.717, 1.165) is 32.3 Å². The van der Waals surface area contributed by atoms with Crippen LogP contribution in [-0.4, -0.2) is 35.1 Å². The smallest absolute Gasteiger partial charge is 0.294 e. The minimum Gasteiger partial charge on any atom is -0.490 e. The standard InChI is InChI=1S/C28H25BrN2O5S/c1-3-35-24-14-20(8-13-23(24)36-17-19-6-9-21(29)10-7-19)15-25-27(33)31(28(34)37-25)16-26(32)30-22-11-4-18(2)5-12-22/h4-15H,3,16-17H2,1-2H3,(H,30,32)/b25-15-. The van der Waals surface area contributed by atoms with Crippen LogP contribution in [0.2, 0.25) is 0 Å². The highest BCUT2D eigenvalue weighted by Crippen LogP contribution is 2.35. The molecule has 7 nitrogen and oxygen atoms in total. The normalized spacial score (nSPS) is 14.2. The number of hydrogen-bond donors (Lipinski definition) is 1. The van der Waals surface area contributed by atoms with E-state index in [-0.39, 0.29) is 11.4 Å². The average molecular weight is 581 g/mol. The summed E-state index contributed by atoms with van der Waals surface area (Å²) in [6.07, 6.45) is 1.61. The maximum atomic E-state index is 12.9. The van der Waals surface area contributed by atoms with Crippen molar-refractivity contribution in [2.45, 2.75) is 20.5 Å². The molecule has 190 valence electrons. The Labute approximate surface area is 228 Å². The molecular weight excluding hydrogens is 556 g/mol. The van der Waals surface area contributed by atoms with Gasteiger partial charge in [-0.25, -0.2) is 0 Å². The van der Waals surface area contributed by atoms with E-state index in [0.29, 0.717) is 36.0 Å². The molecule has 1 aliphatic heterocycles. The number of carbonyl (C=O) groups excluding carboxylic acids is 3.